The SMILES string of the molecule is c1ccc(Cc2ccc(N3CCNCC3)c(Cc3ccccc3)c2)cc1. The van der Waals surface area contributed by atoms with Crippen LogP contribution >= 0.6 is 0 Å². The van der Waals surface area contributed by atoms with Crippen LogP contribution in [0.1, 0.15) is 22.3 Å². The van der Waals surface area contributed by atoms with Gasteiger partial charge in [-0.25, -0.2) is 0 Å². The van der Waals surface area contributed by atoms with Crippen molar-refractivity contribution < 1.29 is 0 Å². The Labute approximate surface area is 156 Å². The van der Waals surface area contributed by atoms with Crippen molar-refractivity contribution in [2.45, 2.75) is 12.8 Å². The summed E-state index contributed by atoms with van der Waals surface area (Å²) >= 11 is 0. The van der Waals surface area contributed by atoms with Crippen LogP contribution in [0.2, 0.25) is 0 Å². The fourth-order valence-corrected chi connectivity index (χ4v) is 3.75. The molecule has 1 saturated heterocycles. The maximum atomic E-state index is 3.46. The third kappa shape index (κ3) is 4.14. The maximum Gasteiger partial charge on any atom is 0.0403 e. The molecule has 0 radical (unpaired) electrons. The van der Waals surface area contributed by atoms with Gasteiger partial charge in [0, 0.05) is 31.9 Å². The monoisotopic (exact) mass is 342 g/mol. The molecule has 3 aromatic carbocycles. The average Bonchev–Trinajstić information content (AvgIpc) is 2.70. The van der Waals surface area contributed by atoms with Crippen molar-refractivity contribution in [1.29, 1.82) is 0 Å². The molecule has 0 saturated carbocycles. The van der Waals surface area contributed by atoms with Gasteiger partial charge in [-0.1, -0.05) is 72.8 Å². The molecule has 0 aromatic heterocycles. The average molecular weight is 342 g/mol. The third-order valence-corrected chi connectivity index (χ3v) is 5.09. The van der Waals surface area contributed by atoms with Gasteiger partial charge in [-0.05, 0) is 41.2 Å². The van der Waals surface area contributed by atoms with Gasteiger partial charge in [0.2, 0.25) is 0 Å². The van der Waals surface area contributed by atoms with E-state index in [1.807, 2.05) is 0 Å². The highest BCUT2D eigenvalue weighted by Crippen LogP contribution is 2.26. The van der Waals surface area contributed by atoms with Crippen LogP contribution in [0.4, 0.5) is 5.69 Å². The van der Waals surface area contributed by atoms with E-state index < -0.39 is 0 Å². The van der Waals surface area contributed by atoms with Crippen LogP contribution in [0.25, 0.3) is 0 Å². The number of hydrogen-bond donors (Lipinski definition) is 1. The van der Waals surface area contributed by atoms with Crippen molar-refractivity contribution in [2.75, 3.05) is 31.1 Å². The minimum absolute atomic E-state index is 0.989. The number of anilines is 1. The molecule has 0 aliphatic carbocycles. The lowest BCUT2D eigenvalue weighted by Gasteiger charge is -2.31. The summed E-state index contributed by atoms with van der Waals surface area (Å²) in [5.41, 5.74) is 6.97. The normalized spacial score (nSPS) is 14.4. The van der Waals surface area contributed by atoms with Gasteiger partial charge < -0.3 is 10.2 Å². The van der Waals surface area contributed by atoms with Gasteiger partial charge in [0.1, 0.15) is 0 Å². The first-order valence-corrected chi connectivity index (χ1v) is 9.54. The van der Waals surface area contributed by atoms with E-state index in [2.05, 4.69) is 89.1 Å². The van der Waals surface area contributed by atoms with Crippen molar-refractivity contribution in [3.05, 3.63) is 101 Å². The molecule has 1 aliphatic rings. The highest BCUT2D eigenvalue weighted by atomic mass is 15.2. The Bertz CT molecular complexity index is 821. The van der Waals surface area contributed by atoms with Crippen LogP contribution in [0.3, 0.4) is 0 Å². The Hall–Kier alpha value is -2.58. The summed E-state index contributed by atoms with van der Waals surface area (Å²) < 4.78 is 0. The van der Waals surface area contributed by atoms with E-state index in [-0.39, 0.29) is 0 Å². The number of piperazine rings is 1. The summed E-state index contributed by atoms with van der Waals surface area (Å²) in [6.45, 7) is 4.30. The van der Waals surface area contributed by atoms with E-state index in [1.54, 1.807) is 0 Å². The predicted molar refractivity (Wildman–Crippen MR) is 110 cm³/mol. The molecule has 2 heteroatoms. The molecular weight excluding hydrogens is 316 g/mol. The minimum atomic E-state index is 0.989. The molecule has 132 valence electrons. The van der Waals surface area contributed by atoms with E-state index >= 15 is 0 Å². The third-order valence-electron chi connectivity index (χ3n) is 5.09. The van der Waals surface area contributed by atoms with Crippen molar-refractivity contribution in [3.63, 3.8) is 0 Å². The highest BCUT2D eigenvalue weighted by molar-refractivity contribution is 5.57. The number of benzene rings is 3. The molecule has 0 spiro atoms. The number of nitrogens with one attached hydrogen (secondary N) is 1. The minimum Gasteiger partial charge on any atom is -0.369 e. The zero-order valence-electron chi connectivity index (χ0n) is 15.2. The second-order valence-corrected chi connectivity index (χ2v) is 7.02. The zero-order chi connectivity index (χ0) is 17.6. The number of rotatable bonds is 5. The second kappa shape index (κ2) is 8.20. The molecule has 1 fully saturated rings. The molecule has 0 amide bonds. The summed E-state index contributed by atoms with van der Waals surface area (Å²) in [6.07, 6.45) is 1.98. The number of nitrogens with zero attached hydrogens (tertiary/aromatic N) is 1. The van der Waals surface area contributed by atoms with Crippen LogP contribution in [0, 0.1) is 0 Å². The van der Waals surface area contributed by atoms with E-state index in [0.29, 0.717) is 0 Å². The molecule has 0 atom stereocenters. The molecule has 1 aliphatic heterocycles. The summed E-state index contributed by atoms with van der Waals surface area (Å²) in [5.74, 6) is 0. The van der Waals surface area contributed by atoms with Gasteiger partial charge in [-0.15, -0.1) is 0 Å². The van der Waals surface area contributed by atoms with Crippen LogP contribution in [0.15, 0.2) is 78.9 Å². The van der Waals surface area contributed by atoms with Crippen molar-refractivity contribution in [1.82, 2.24) is 5.32 Å². The standard InChI is InChI=1S/C24H26N2/c1-3-7-20(8-4-1)17-22-11-12-24(26-15-13-25-14-16-26)23(19-22)18-21-9-5-2-6-10-21/h1-12,19,25H,13-18H2. The molecule has 0 bridgehead atoms. The number of hydrogen-bond acceptors (Lipinski definition) is 2. The Kier molecular flexibility index (Phi) is 5.32. The first-order chi connectivity index (χ1) is 12.9. The van der Waals surface area contributed by atoms with Crippen molar-refractivity contribution in [2.24, 2.45) is 0 Å². The van der Waals surface area contributed by atoms with Gasteiger partial charge in [0.25, 0.3) is 0 Å². The van der Waals surface area contributed by atoms with Gasteiger partial charge in [0.15, 0.2) is 0 Å². The van der Waals surface area contributed by atoms with Crippen LogP contribution in [-0.4, -0.2) is 26.2 Å². The maximum absolute atomic E-state index is 3.46. The second-order valence-electron chi connectivity index (χ2n) is 7.02. The van der Waals surface area contributed by atoms with Gasteiger partial charge >= 0.3 is 0 Å². The van der Waals surface area contributed by atoms with Crippen molar-refractivity contribution >= 4 is 5.69 Å². The molecule has 0 unspecified atom stereocenters. The van der Waals surface area contributed by atoms with Crippen molar-refractivity contribution in [3.8, 4) is 0 Å². The lowest BCUT2D eigenvalue weighted by molar-refractivity contribution is 0.588. The van der Waals surface area contributed by atoms with Gasteiger partial charge in [0.05, 0.1) is 0 Å². The summed E-state index contributed by atoms with van der Waals surface area (Å²) in [7, 11) is 0. The topological polar surface area (TPSA) is 15.3 Å². The van der Waals surface area contributed by atoms with E-state index in [1.165, 1.54) is 27.9 Å². The van der Waals surface area contributed by atoms with Crippen LogP contribution in [0.5, 0.6) is 0 Å². The Morgan fingerprint density at radius 1 is 0.654 bits per heavy atom. The molecule has 4 rings (SSSR count). The predicted octanol–water partition coefficient (Wildman–Crippen LogP) is 4.28. The first-order valence-electron chi connectivity index (χ1n) is 9.54. The lowest BCUT2D eigenvalue weighted by Crippen LogP contribution is -2.43. The van der Waals surface area contributed by atoms with E-state index in [0.717, 1.165) is 39.0 Å². The molecular formula is C24H26N2. The summed E-state index contributed by atoms with van der Waals surface area (Å²) in [5, 5.41) is 3.46. The van der Waals surface area contributed by atoms with Crippen LogP contribution < -0.4 is 10.2 Å². The Morgan fingerprint density at radius 2 is 1.27 bits per heavy atom. The first kappa shape index (κ1) is 16.9. The largest absolute Gasteiger partial charge is 0.369 e. The van der Waals surface area contributed by atoms with E-state index in [4.69, 9.17) is 0 Å². The Balaban J connectivity index is 1.64. The van der Waals surface area contributed by atoms with Gasteiger partial charge in [-0.3, -0.25) is 0 Å². The Morgan fingerprint density at radius 3 is 1.92 bits per heavy atom. The molecule has 26 heavy (non-hydrogen) atoms. The highest BCUT2D eigenvalue weighted by Gasteiger charge is 2.15. The molecule has 2 nitrogen and oxygen atoms in total. The smallest absolute Gasteiger partial charge is 0.0403 e. The fraction of sp³-hybridized carbons (Fsp3) is 0.250. The molecule has 1 N–H and O–H groups in total. The zero-order valence-corrected chi connectivity index (χ0v) is 15.2. The fourth-order valence-electron chi connectivity index (χ4n) is 3.75. The molecule has 1 heterocycles. The van der Waals surface area contributed by atoms with E-state index in [9.17, 15) is 0 Å². The summed E-state index contributed by atoms with van der Waals surface area (Å²) in [4.78, 5) is 2.53. The quantitative estimate of drug-likeness (QED) is 0.744. The van der Waals surface area contributed by atoms with Gasteiger partial charge in [-0.2, -0.15) is 0 Å². The molecule has 3 aromatic rings. The van der Waals surface area contributed by atoms with Crippen LogP contribution in [-0.2, 0) is 12.8 Å². The lowest BCUT2D eigenvalue weighted by atomic mass is 9.97. The summed E-state index contributed by atoms with van der Waals surface area (Å²) in [6, 6.07) is 28.6.